The highest BCUT2D eigenvalue weighted by molar-refractivity contribution is 5.93. The molecule has 1 saturated carbocycles. The number of nitrogens with two attached hydrogens (primary N) is 2. The van der Waals surface area contributed by atoms with Crippen LogP contribution in [0.3, 0.4) is 0 Å². The maximum atomic E-state index is 14.1. The average molecular weight is 557 g/mol. The van der Waals surface area contributed by atoms with Crippen molar-refractivity contribution < 1.29 is 4.79 Å². The molecule has 1 aliphatic carbocycles. The van der Waals surface area contributed by atoms with Crippen molar-refractivity contribution >= 4 is 17.3 Å². The van der Waals surface area contributed by atoms with Gasteiger partial charge in [0, 0.05) is 44.2 Å². The SMILES string of the molecule is Cn1nc(C(C)(C)C)cc1C(=O)N(Cc1cccc(-c2ccc(N3CCCCCC3)c(N)c2)c1)C1CCC(N)CC1. The van der Waals surface area contributed by atoms with E-state index in [2.05, 4.69) is 73.0 Å². The number of nitrogen functional groups attached to an aromatic ring is 1. The Bertz CT molecular complexity index is 1340. The highest BCUT2D eigenvalue weighted by Gasteiger charge is 2.31. The molecule has 3 aromatic rings. The summed E-state index contributed by atoms with van der Waals surface area (Å²) in [5, 5.41) is 4.69. The van der Waals surface area contributed by atoms with Crippen molar-refractivity contribution in [3.8, 4) is 11.1 Å². The fourth-order valence-electron chi connectivity index (χ4n) is 6.34. The summed E-state index contributed by atoms with van der Waals surface area (Å²) in [5.41, 5.74) is 19.6. The van der Waals surface area contributed by atoms with Gasteiger partial charge in [-0.1, -0.05) is 57.9 Å². The van der Waals surface area contributed by atoms with E-state index in [9.17, 15) is 4.79 Å². The molecule has 7 nitrogen and oxygen atoms in total. The number of benzene rings is 2. The normalized spacial score (nSPS) is 20.1. The molecule has 0 bridgehead atoms. The van der Waals surface area contributed by atoms with Crippen molar-refractivity contribution in [1.29, 1.82) is 0 Å². The van der Waals surface area contributed by atoms with Gasteiger partial charge in [0.1, 0.15) is 5.69 Å². The second-order valence-corrected chi connectivity index (χ2v) is 13.2. The van der Waals surface area contributed by atoms with Gasteiger partial charge in [0.2, 0.25) is 0 Å². The van der Waals surface area contributed by atoms with Crippen LogP contribution in [0, 0.1) is 0 Å². The van der Waals surface area contributed by atoms with Crippen LogP contribution in [0.1, 0.15) is 93.9 Å². The number of carbonyl (C=O) groups is 1. The van der Waals surface area contributed by atoms with Crippen LogP contribution in [0.5, 0.6) is 0 Å². The van der Waals surface area contributed by atoms with Gasteiger partial charge in [0.25, 0.3) is 5.91 Å². The Hall–Kier alpha value is -3.32. The number of amides is 1. The number of aromatic nitrogens is 2. The molecule has 2 aromatic carbocycles. The van der Waals surface area contributed by atoms with E-state index in [1.165, 1.54) is 25.7 Å². The van der Waals surface area contributed by atoms with E-state index in [-0.39, 0.29) is 23.4 Å². The lowest BCUT2D eigenvalue weighted by Gasteiger charge is -2.36. The van der Waals surface area contributed by atoms with E-state index in [0.717, 1.165) is 72.5 Å². The van der Waals surface area contributed by atoms with Gasteiger partial charge in [-0.25, -0.2) is 0 Å². The number of nitrogens with zero attached hydrogens (tertiary/aromatic N) is 4. The van der Waals surface area contributed by atoms with Crippen LogP contribution in [0.15, 0.2) is 48.5 Å². The molecule has 2 aliphatic rings. The van der Waals surface area contributed by atoms with Crippen LogP contribution in [-0.2, 0) is 19.0 Å². The molecule has 0 spiro atoms. The van der Waals surface area contributed by atoms with Gasteiger partial charge in [-0.3, -0.25) is 9.48 Å². The number of anilines is 2. The molecular weight excluding hydrogens is 508 g/mol. The van der Waals surface area contributed by atoms with Gasteiger partial charge >= 0.3 is 0 Å². The molecule has 5 rings (SSSR count). The molecule has 1 aromatic heterocycles. The molecule has 1 aliphatic heterocycles. The van der Waals surface area contributed by atoms with Gasteiger partial charge in [-0.2, -0.15) is 5.10 Å². The fourth-order valence-corrected chi connectivity index (χ4v) is 6.34. The van der Waals surface area contributed by atoms with Gasteiger partial charge in [0.15, 0.2) is 0 Å². The molecule has 41 heavy (non-hydrogen) atoms. The molecule has 2 fully saturated rings. The Kier molecular flexibility index (Phi) is 8.74. The van der Waals surface area contributed by atoms with E-state index in [0.29, 0.717) is 12.2 Å². The van der Waals surface area contributed by atoms with E-state index < -0.39 is 0 Å². The third kappa shape index (κ3) is 6.78. The Morgan fingerprint density at radius 2 is 1.63 bits per heavy atom. The first-order valence-corrected chi connectivity index (χ1v) is 15.4. The highest BCUT2D eigenvalue weighted by Crippen LogP contribution is 2.32. The third-order valence-electron chi connectivity index (χ3n) is 8.90. The minimum Gasteiger partial charge on any atom is -0.397 e. The highest BCUT2D eigenvalue weighted by atomic mass is 16.2. The predicted octanol–water partition coefficient (Wildman–Crippen LogP) is 6.26. The standard InChI is InChI=1S/C34H48N6O/c1-34(2,3)32-22-31(38(4)37-32)33(41)40(28-15-13-27(35)14-16-28)23-24-10-9-11-25(20-24)26-12-17-30(29(36)21-26)39-18-7-5-6-8-19-39/h9-12,17,20-22,27-28H,5-8,13-16,18-19,23,35-36H2,1-4H3. The average Bonchev–Trinajstić information content (AvgIpc) is 3.16. The maximum absolute atomic E-state index is 14.1. The first-order chi connectivity index (χ1) is 19.6. The lowest BCUT2D eigenvalue weighted by atomic mass is 9.90. The Labute approximate surface area is 245 Å². The summed E-state index contributed by atoms with van der Waals surface area (Å²) in [4.78, 5) is 18.6. The summed E-state index contributed by atoms with van der Waals surface area (Å²) >= 11 is 0. The van der Waals surface area contributed by atoms with Crippen LogP contribution in [0.4, 0.5) is 11.4 Å². The second-order valence-electron chi connectivity index (χ2n) is 13.2. The zero-order valence-corrected chi connectivity index (χ0v) is 25.4. The number of hydrogen-bond donors (Lipinski definition) is 2. The van der Waals surface area contributed by atoms with Crippen LogP contribution in [0.25, 0.3) is 11.1 Å². The van der Waals surface area contributed by atoms with Crippen molar-refractivity contribution in [3.63, 3.8) is 0 Å². The predicted molar refractivity (Wildman–Crippen MR) is 169 cm³/mol. The lowest BCUT2D eigenvalue weighted by molar-refractivity contribution is 0.0595. The van der Waals surface area contributed by atoms with Crippen LogP contribution in [-0.4, -0.2) is 45.8 Å². The maximum Gasteiger partial charge on any atom is 0.272 e. The first kappa shape index (κ1) is 29.2. The molecule has 7 heteroatoms. The minimum absolute atomic E-state index is 0.0346. The fraction of sp³-hybridized carbons (Fsp3) is 0.529. The lowest BCUT2D eigenvalue weighted by Crippen LogP contribution is -2.44. The number of rotatable bonds is 6. The zero-order valence-electron chi connectivity index (χ0n) is 25.4. The molecule has 0 radical (unpaired) electrons. The monoisotopic (exact) mass is 556 g/mol. The van der Waals surface area contributed by atoms with Crippen LogP contribution in [0.2, 0.25) is 0 Å². The summed E-state index contributed by atoms with van der Waals surface area (Å²) in [6.07, 6.45) is 8.77. The molecule has 1 saturated heterocycles. The molecule has 220 valence electrons. The third-order valence-corrected chi connectivity index (χ3v) is 8.90. The van der Waals surface area contributed by atoms with Crippen LogP contribution < -0.4 is 16.4 Å². The van der Waals surface area contributed by atoms with Gasteiger partial charge in [-0.05, 0) is 79.5 Å². The molecular formula is C34H48N6O. The molecule has 1 amide bonds. The smallest absolute Gasteiger partial charge is 0.272 e. The molecule has 2 heterocycles. The van der Waals surface area contributed by atoms with Gasteiger partial charge in [0.05, 0.1) is 17.1 Å². The summed E-state index contributed by atoms with van der Waals surface area (Å²) in [5.74, 6) is 0.0346. The van der Waals surface area contributed by atoms with Crippen molar-refractivity contribution in [2.24, 2.45) is 12.8 Å². The minimum atomic E-state index is -0.127. The summed E-state index contributed by atoms with van der Waals surface area (Å²) in [7, 11) is 1.87. The van der Waals surface area contributed by atoms with Crippen molar-refractivity contribution in [3.05, 3.63) is 65.5 Å². The van der Waals surface area contributed by atoms with Gasteiger partial charge in [-0.15, -0.1) is 0 Å². The zero-order chi connectivity index (χ0) is 29.1. The van der Waals surface area contributed by atoms with Gasteiger partial charge < -0.3 is 21.3 Å². The Morgan fingerprint density at radius 1 is 0.951 bits per heavy atom. The first-order valence-electron chi connectivity index (χ1n) is 15.4. The summed E-state index contributed by atoms with van der Waals surface area (Å²) in [6.45, 7) is 9.07. The van der Waals surface area contributed by atoms with E-state index in [4.69, 9.17) is 16.6 Å². The van der Waals surface area contributed by atoms with Crippen molar-refractivity contribution in [2.45, 2.75) is 96.2 Å². The summed E-state index contributed by atoms with van der Waals surface area (Å²) < 4.78 is 1.75. The quantitative estimate of drug-likeness (QED) is 0.350. The van der Waals surface area contributed by atoms with E-state index in [1.54, 1.807) is 4.68 Å². The molecule has 4 N–H and O–H groups in total. The molecule has 0 atom stereocenters. The van der Waals surface area contributed by atoms with Crippen molar-refractivity contribution in [2.75, 3.05) is 23.7 Å². The van der Waals surface area contributed by atoms with E-state index in [1.807, 2.05) is 13.1 Å². The Balaban J connectivity index is 1.41. The Morgan fingerprint density at radius 3 is 2.27 bits per heavy atom. The topological polar surface area (TPSA) is 93.4 Å². The molecule has 0 unspecified atom stereocenters. The number of aryl methyl sites for hydroxylation is 1. The van der Waals surface area contributed by atoms with Crippen LogP contribution >= 0.6 is 0 Å². The largest absolute Gasteiger partial charge is 0.397 e. The van der Waals surface area contributed by atoms with Crippen molar-refractivity contribution in [1.82, 2.24) is 14.7 Å². The van der Waals surface area contributed by atoms with E-state index >= 15 is 0 Å². The number of carbonyl (C=O) groups excluding carboxylic acids is 1. The number of hydrogen-bond acceptors (Lipinski definition) is 5. The summed E-state index contributed by atoms with van der Waals surface area (Å²) in [6, 6.07) is 17.4. The second kappa shape index (κ2) is 12.3.